The molecule has 29 heavy (non-hydrogen) atoms. The number of rotatable bonds is 5. The zero-order chi connectivity index (χ0) is 20.4. The number of carbonyl (C=O) groups excluding carboxylic acids is 1. The third-order valence-electron chi connectivity index (χ3n) is 4.66. The summed E-state index contributed by atoms with van der Waals surface area (Å²) in [5, 5.41) is 8.89. The van der Waals surface area contributed by atoms with E-state index in [-0.39, 0.29) is 12.3 Å². The van der Waals surface area contributed by atoms with E-state index in [4.69, 9.17) is 14.7 Å². The standard InChI is InChI=1S/C21H17N5O3/c1-28-19-8-14(10-24-20(19)29-2)17-4-3-16-18(25-17)12-26(21(16)27)15-7-13(5-6-22)9-23-11-15/h3-4,7-11H,5,12H2,1-2H3. The Morgan fingerprint density at radius 2 is 2.03 bits per heavy atom. The van der Waals surface area contributed by atoms with Gasteiger partial charge in [-0.2, -0.15) is 5.26 Å². The van der Waals surface area contributed by atoms with Crippen LogP contribution < -0.4 is 14.4 Å². The second kappa shape index (κ2) is 7.56. The van der Waals surface area contributed by atoms with Crippen LogP contribution in [0.25, 0.3) is 11.3 Å². The Balaban J connectivity index is 1.66. The molecule has 1 amide bonds. The molecule has 1 aliphatic heterocycles. The molecule has 0 fully saturated rings. The predicted molar refractivity (Wildman–Crippen MR) is 105 cm³/mol. The number of methoxy groups -OCH3 is 2. The third-order valence-corrected chi connectivity index (χ3v) is 4.66. The van der Waals surface area contributed by atoms with Gasteiger partial charge in [0.2, 0.25) is 0 Å². The number of amides is 1. The molecule has 0 atom stereocenters. The van der Waals surface area contributed by atoms with Crippen LogP contribution in [0.3, 0.4) is 0 Å². The van der Waals surface area contributed by atoms with Gasteiger partial charge in [-0.05, 0) is 29.8 Å². The molecule has 0 saturated heterocycles. The van der Waals surface area contributed by atoms with Crippen molar-refractivity contribution in [3.8, 4) is 29.0 Å². The fourth-order valence-corrected chi connectivity index (χ4v) is 3.23. The first kappa shape index (κ1) is 18.4. The lowest BCUT2D eigenvalue weighted by molar-refractivity contribution is 0.0996. The lowest BCUT2D eigenvalue weighted by Gasteiger charge is -2.15. The Hall–Kier alpha value is -3.99. The van der Waals surface area contributed by atoms with Crippen LogP contribution in [0.1, 0.15) is 21.6 Å². The first-order chi connectivity index (χ1) is 14.1. The van der Waals surface area contributed by atoms with Crippen LogP contribution >= 0.6 is 0 Å². The van der Waals surface area contributed by atoms with Crippen LogP contribution in [0, 0.1) is 11.3 Å². The summed E-state index contributed by atoms with van der Waals surface area (Å²) >= 11 is 0. The molecule has 3 aromatic rings. The monoisotopic (exact) mass is 387 g/mol. The highest BCUT2D eigenvalue weighted by Gasteiger charge is 2.30. The van der Waals surface area contributed by atoms with E-state index in [0.717, 1.165) is 11.1 Å². The van der Waals surface area contributed by atoms with Gasteiger partial charge in [-0.25, -0.2) is 4.98 Å². The highest BCUT2D eigenvalue weighted by Crippen LogP contribution is 2.32. The molecule has 0 radical (unpaired) electrons. The molecule has 0 spiro atoms. The van der Waals surface area contributed by atoms with Crippen LogP contribution in [-0.2, 0) is 13.0 Å². The summed E-state index contributed by atoms with van der Waals surface area (Å²) in [4.78, 5) is 27.5. The van der Waals surface area contributed by atoms with Gasteiger partial charge in [-0.15, -0.1) is 0 Å². The Bertz CT molecular complexity index is 1140. The minimum Gasteiger partial charge on any atom is -0.491 e. The van der Waals surface area contributed by atoms with E-state index in [9.17, 15) is 4.79 Å². The van der Waals surface area contributed by atoms with Gasteiger partial charge in [0.25, 0.3) is 11.8 Å². The minimum atomic E-state index is -0.139. The fourth-order valence-electron chi connectivity index (χ4n) is 3.23. The second-order valence-electron chi connectivity index (χ2n) is 6.40. The molecule has 8 nitrogen and oxygen atoms in total. The summed E-state index contributed by atoms with van der Waals surface area (Å²) in [6.07, 6.45) is 5.13. The molecular formula is C21H17N5O3. The van der Waals surface area contributed by atoms with E-state index in [2.05, 4.69) is 21.0 Å². The molecule has 144 valence electrons. The number of pyridine rings is 3. The topological polar surface area (TPSA) is 101 Å². The molecule has 0 aromatic carbocycles. The number of hydrogen-bond donors (Lipinski definition) is 0. The van der Waals surface area contributed by atoms with E-state index >= 15 is 0 Å². The zero-order valence-electron chi connectivity index (χ0n) is 15.9. The first-order valence-electron chi connectivity index (χ1n) is 8.85. The first-order valence-corrected chi connectivity index (χ1v) is 8.85. The van der Waals surface area contributed by atoms with Gasteiger partial charge in [-0.1, -0.05) is 0 Å². The Labute approximate surface area is 167 Å². The van der Waals surface area contributed by atoms with Gasteiger partial charge >= 0.3 is 0 Å². The van der Waals surface area contributed by atoms with Crippen molar-refractivity contribution < 1.29 is 14.3 Å². The quantitative estimate of drug-likeness (QED) is 0.663. The largest absolute Gasteiger partial charge is 0.491 e. The molecule has 4 rings (SSSR count). The minimum absolute atomic E-state index is 0.139. The van der Waals surface area contributed by atoms with Crippen molar-refractivity contribution in [2.24, 2.45) is 0 Å². The molecule has 1 aliphatic rings. The summed E-state index contributed by atoms with van der Waals surface area (Å²) in [6.45, 7) is 0.334. The van der Waals surface area contributed by atoms with E-state index in [1.807, 2.05) is 0 Å². The number of nitrogens with zero attached hydrogens (tertiary/aromatic N) is 5. The van der Waals surface area contributed by atoms with E-state index in [0.29, 0.717) is 40.8 Å². The number of anilines is 1. The average molecular weight is 387 g/mol. The maximum atomic E-state index is 12.8. The van der Waals surface area contributed by atoms with Crippen molar-refractivity contribution in [1.82, 2.24) is 15.0 Å². The molecule has 0 saturated carbocycles. The van der Waals surface area contributed by atoms with Crippen LogP contribution in [0.5, 0.6) is 11.6 Å². The lowest BCUT2D eigenvalue weighted by atomic mass is 10.1. The van der Waals surface area contributed by atoms with Crippen LogP contribution in [-0.4, -0.2) is 35.1 Å². The SMILES string of the molecule is COc1cc(-c2ccc3c(n2)CN(c2cncc(CC#N)c2)C3=O)cnc1OC. The van der Waals surface area contributed by atoms with Crippen molar-refractivity contribution in [3.63, 3.8) is 0 Å². The van der Waals surface area contributed by atoms with Crippen molar-refractivity contribution in [1.29, 1.82) is 5.26 Å². The fraction of sp³-hybridized carbons (Fsp3) is 0.190. The summed E-state index contributed by atoms with van der Waals surface area (Å²) in [5.74, 6) is 0.759. The van der Waals surface area contributed by atoms with Gasteiger partial charge in [0, 0.05) is 18.0 Å². The molecule has 0 aliphatic carbocycles. The van der Waals surface area contributed by atoms with E-state index < -0.39 is 0 Å². The van der Waals surface area contributed by atoms with Gasteiger partial charge in [0.15, 0.2) is 5.75 Å². The summed E-state index contributed by atoms with van der Waals surface area (Å²) in [7, 11) is 3.07. The maximum Gasteiger partial charge on any atom is 0.260 e. The van der Waals surface area contributed by atoms with Gasteiger partial charge in [0.1, 0.15) is 0 Å². The van der Waals surface area contributed by atoms with E-state index in [1.54, 1.807) is 54.9 Å². The third kappa shape index (κ3) is 3.34. The van der Waals surface area contributed by atoms with E-state index in [1.165, 1.54) is 7.11 Å². The smallest absolute Gasteiger partial charge is 0.260 e. The summed E-state index contributed by atoms with van der Waals surface area (Å²) in [5.41, 5.74) is 4.08. The molecular weight excluding hydrogens is 370 g/mol. The van der Waals surface area contributed by atoms with Crippen LogP contribution in [0.15, 0.2) is 42.9 Å². The van der Waals surface area contributed by atoms with Crippen molar-refractivity contribution in [2.45, 2.75) is 13.0 Å². The summed E-state index contributed by atoms with van der Waals surface area (Å²) in [6, 6.07) is 9.25. The zero-order valence-corrected chi connectivity index (χ0v) is 15.9. The average Bonchev–Trinajstić information content (AvgIpc) is 3.09. The highest BCUT2D eigenvalue weighted by molar-refractivity contribution is 6.09. The molecule has 8 heteroatoms. The highest BCUT2D eigenvalue weighted by atomic mass is 16.5. The number of fused-ring (bicyclic) bond motifs is 1. The number of carbonyl (C=O) groups is 1. The molecule has 3 aromatic heterocycles. The number of aromatic nitrogens is 3. The number of hydrogen-bond acceptors (Lipinski definition) is 7. The molecule has 4 heterocycles. The Morgan fingerprint density at radius 3 is 2.79 bits per heavy atom. The molecule has 0 bridgehead atoms. The Kier molecular flexibility index (Phi) is 4.79. The summed E-state index contributed by atoms with van der Waals surface area (Å²) < 4.78 is 10.5. The van der Waals surface area contributed by atoms with Gasteiger partial charge in [-0.3, -0.25) is 14.8 Å². The van der Waals surface area contributed by atoms with Crippen LogP contribution in [0.4, 0.5) is 5.69 Å². The lowest BCUT2D eigenvalue weighted by Crippen LogP contribution is -2.23. The number of nitriles is 1. The normalized spacial score (nSPS) is 12.4. The second-order valence-corrected chi connectivity index (χ2v) is 6.40. The van der Waals surface area contributed by atoms with Gasteiger partial charge < -0.3 is 14.4 Å². The molecule has 0 unspecified atom stereocenters. The van der Waals surface area contributed by atoms with Gasteiger partial charge in [0.05, 0.1) is 62.1 Å². The number of ether oxygens (including phenoxy) is 2. The maximum absolute atomic E-state index is 12.8. The predicted octanol–water partition coefficient (Wildman–Crippen LogP) is 2.78. The molecule has 0 N–H and O–H groups in total. The Morgan fingerprint density at radius 1 is 1.17 bits per heavy atom. The van der Waals surface area contributed by atoms with Crippen molar-refractivity contribution in [2.75, 3.05) is 19.1 Å². The van der Waals surface area contributed by atoms with Crippen molar-refractivity contribution in [3.05, 3.63) is 59.7 Å². The van der Waals surface area contributed by atoms with Crippen LogP contribution in [0.2, 0.25) is 0 Å². The van der Waals surface area contributed by atoms with Crippen molar-refractivity contribution >= 4 is 11.6 Å².